The average molecular weight is 373 g/mol. The summed E-state index contributed by atoms with van der Waals surface area (Å²) >= 11 is 3.48. The molecule has 23 heavy (non-hydrogen) atoms. The molecule has 1 aliphatic heterocycles. The van der Waals surface area contributed by atoms with Crippen LogP contribution >= 0.6 is 15.9 Å². The van der Waals surface area contributed by atoms with Crippen LogP contribution in [0, 0.1) is 6.92 Å². The Morgan fingerprint density at radius 2 is 2.22 bits per heavy atom. The number of hydrogen-bond acceptors (Lipinski definition) is 4. The highest BCUT2D eigenvalue weighted by Gasteiger charge is 2.28. The highest BCUT2D eigenvalue weighted by Crippen LogP contribution is 2.31. The van der Waals surface area contributed by atoms with Gasteiger partial charge in [0.05, 0.1) is 17.9 Å². The molecule has 4 heterocycles. The van der Waals surface area contributed by atoms with E-state index in [9.17, 15) is 4.79 Å². The maximum atomic E-state index is 12.3. The Balaban J connectivity index is 1.80. The number of imidazole rings is 1. The summed E-state index contributed by atoms with van der Waals surface area (Å²) in [7, 11) is 0. The van der Waals surface area contributed by atoms with E-state index in [1.54, 1.807) is 17.2 Å². The minimum Gasteiger partial charge on any atom is -0.480 e. The third kappa shape index (κ3) is 2.37. The van der Waals surface area contributed by atoms with Gasteiger partial charge in [-0.2, -0.15) is 0 Å². The van der Waals surface area contributed by atoms with Gasteiger partial charge in [0.25, 0.3) is 5.91 Å². The van der Waals surface area contributed by atoms with E-state index in [4.69, 9.17) is 4.74 Å². The fourth-order valence-electron chi connectivity index (χ4n) is 2.72. The summed E-state index contributed by atoms with van der Waals surface area (Å²) in [6.07, 6.45) is 3.61. The zero-order valence-electron chi connectivity index (χ0n) is 12.4. The minimum absolute atomic E-state index is 0.0260. The van der Waals surface area contributed by atoms with E-state index < -0.39 is 0 Å². The number of anilines is 1. The molecule has 0 atom stereocenters. The second kappa shape index (κ2) is 5.34. The number of fused-ring (bicyclic) bond motifs is 2. The first-order valence-electron chi connectivity index (χ1n) is 7.15. The van der Waals surface area contributed by atoms with Gasteiger partial charge in [-0.05, 0) is 47.1 Å². The fraction of sp³-hybridized carbons (Fsp3) is 0.188. The van der Waals surface area contributed by atoms with Gasteiger partial charge in [0.1, 0.15) is 5.65 Å². The molecule has 4 rings (SSSR count). The SMILES string of the molecule is Cc1nc2ccc(Br)cn2c1CN1C(=O)COc2cccnc21. The van der Waals surface area contributed by atoms with Crippen LogP contribution in [0.3, 0.4) is 0 Å². The second-order valence-corrected chi connectivity index (χ2v) is 6.23. The predicted octanol–water partition coefficient (Wildman–Crippen LogP) is 2.73. The topological polar surface area (TPSA) is 59.7 Å². The lowest BCUT2D eigenvalue weighted by Crippen LogP contribution is -2.39. The van der Waals surface area contributed by atoms with E-state index in [0.717, 1.165) is 21.5 Å². The van der Waals surface area contributed by atoms with E-state index in [0.29, 0.717) is 18.1 Å². The third-order valence-electron chi connectivity index (χ3n) is 3.85. The molecule has 0 unspecified atom stereocenters. The lowest BCUT2D eigenvalue weighted by atomic mass is 10.2. The van der Waals surface area contributed by atoms with Crippen LogP contribution in [-0.4, -0.2) is 26.9 Å². The van der Waals surface area contributed by atoms with Crippen LogP contribution in [0.2, 0.25) is 0 Å². The smallest absolute Gasteiger partial charge is 0.266 e. The summed E-state index contributed by atoms with van der Waals surface area (Å²) < 4.78 is 8.38. The first-order valence-corrected chi connectivity index (χ1v) is 7.94. The van der Waals surface area contributed by atoms with E-state index in [2.05, 4.69) is 25.9 Å². The van der Waals surface area contributed by atoms with Crippen molar-refractivity contribution in [2.45, 2.75) is 13.5 Å². The number of amides is 1. The molecule has 116 valence electrons. The Bertz CT molecular complexity index is 922. The van der Waals surface area contributed by atoms with E-state index >= 15 is 0 Å². The molecular weight excluding hydrogens is 360 g/mol. The summed E-state index contributed by atoms with van der Waals surface area (Å²) in [5.74, 6) is 1.06. The predicted molar refractivity (Wildman–Crippen MR) is 88.6 cm³/mol. The number of carbonyl (C=O) groups excluding carboxylic acids is 1. The Morgan fingerprint density at radius 3 is 3.09 bits per heavy atom. The van der Waals surface area contributed by atoms with Gasteiger partial charge in [0.2, 0.25) is 0 Å². The molecule has 0 spiro atoms. The van der Waals surface area contributed by atoms with Gasteiger partial charge < -0.3 is 9.14 Å². The number of aryl methyl sites for hydroxylation is 1. The van der Waals surface area contributed by atoms with Crippen molar-refractivity contribution < 1.29 is 9.53 Å². The Labute approximate surface area is 140 Å². The van der Waals surface area contributed by atoms with Gasteiger partial charge in [0, 0.05) is 16.9 Å². The highest BCUT2D eigenvalue weighted by atomic mass is 79.9. The van der Waals surface area contributed by atoms with Crippen molar-refractivity contribution in [3.8, 4) is 5.75 Å². The number of rotatable bonds is 2. The lowest BCUT2D eigenvalue weighted by Gasteiger charge is -2.28. The van der Waals surface area contributed by atoms with Crippen LogP contribution < -0.4 is 9.64 Å². The van der Waals surface area contributed by atoms with Crippen molar-refractivity contribution in [2.24, 2.45) is 0 Å². The van der Waals surface area contributed by atoms with Crippen molar-refractivity contribution in [2.75, 3.05) is 11.5 Å². The standard InChI is InChI=1S/C16H13BrN4O2/c1-10-12(20-7-11(17)4-5-14(20)19-10)8-21-15(22)9-23-13-3-2-6-18-16(13)21/h2-7H,8-9H2,1H3. The monoisotopic (exact) mass is 372 g/mol. The lowest BCUT2D eigenvalue weighted by molar-refractivity contribution is -0.121. The van der Waals surface area contributed by atoms with Gasteiger partial charge in [-0.25, -0.2) is 9.97 Å². The van der Waals surface area contributed by atoms with E-state index in [-0.39, 0.29) is 12.5 Å². The molecular formula is C16H13BrN4O2. The summed E-state index contributed by atoms with van der Waals surface area (Å²) in [5.41, 5.74) is 2.69. The normalized spacial score (nSPS) is 14.0. The summed E-state index contributed by atoms with van der Waals surface area (Å²) in [5, 5.41) is 0. The van der Waals surface area contributed by atoms with Crippen molar-refractivity contribution in [1.29, 1.82) is 0 Å². The van der Waals surface area contributed by atoms with Gasteiger partial charge in [-0.15, -0.1) is 0 Å². The fourth-order valence-corrected chi connectivity index (χ4v) is 3.06. The molecule has 3 aromatic heterocycles. The van der Waals surface area contributed by atoms with Crippen LogP contribution in [0.4, 0.5) is 5.82 Å². The summed E-state index contributed by atoms with van der Waals surface area (Å²) in [6.45, 7) is 2.37. The van der Waals surface area contributed by atoms with Crippen LogP contribution in [-0.2, 0) is 11.3 Å². The highest BCUT2D eigenvalue weighted by molar-refractivity contribution is 9.10. The summed E-state index contributed by atoms with van der Waals surface area (Å²) in [4.78, 5) is 22.8. The molecule has 0 radical (unpaired) electrons. The maximum absolute atomic E-state index is 12.3. The molecule has 0 saturated heterocycles. The number of carbonyl (C=O) groups is 1. The van der Waals surface area contributed by atoms with Crippen LogP contribution in [0.1, 0.15) is 11.4 Å². The van der Waals surface area contributed by atoms with Crippen molar-refractivity contribution in [3.05, 3.63) is 52.5 Å². The quantitative estimate of drug-likeness (QED) is 0.693. The van der Waals surface area contributed by atoms with Crippen LogP contribution in [0.5, 0.6) is 5.75 Å². The zero-order valence-corrected chi connectivity index (χ0v) is 13.9. The molecule has 0 saturated carbocycles. The number of hydrogen-bond donors (Lipinski definition) is 0. The van der Waals surface area contributed by atoms with Gasteiger partial charge in [-0.3, -0.25) is 9.69 Å². The number of pyridine rings is 2. The molecule has 6 nitrogen and oxygen atoms in total. The van der Waals surface area contributed by atoms with Crippen molar-refractivity contribution in [3.63, 3.8) is 0 Å². The minimum atomic E-state index is -0.111. The van der Waals surface area contributed by atoms with Gasteiger partial charge in [0.15, 0.2) is 18.2 Å². The molecule has 0 bridgehead atoms. The van der Waals surface area contributed by atoms with Gasteiger partial charge in [-0.1, -0.05) is 0 Å². The first kappa shape index (κ1) is 14.2. The molecule has 0 aromatic carbocycles. The van der Waals surface area contributed by atoms with Crippen LogP contribution in [0.25, 0.3) is 5.65 Å². The second-order valence-electron chi connectivity index (χ2n) is 5.31. The van der Waals surface area contributed by atoms with Crippen molar-refractivity contribution in [1.82, 2.24) is 14.4 Å². The Hall–Kier alpha value is -2.41. The Morgan fingerprint density at radius 1 is 1.35 bits per heavy atom. The molecule has 1 amide bonds. The number of ether oxygens (including phenoxy) is 1. The molecule has 0 aliphatic carbocycles. The number of aromatic nitrogens is 3. The molecule has 0 fully saturated rings. The largest absolute Gasteiger partial charge is 0.480 e. The van der Waals surface area contributed by atoms with E-state index in [1.807, 2.05) is 35.7 Å². The number of halogens is 1. The molecule has 7 heteroatoms. The molecule has 1 aliphatic rings. The summed E-state index contributed by atoms with van der Waals surface area (Å²) in [6, 6.07) is 7.50. The Kier molecular flexibility index (Phi) is 3.30. The van der Waals surface area contributed by atoms with E-state index in [1.165, 1.54) is 0 Å². The van der Waals surface area contributed by atoms with Gasteiger partial charge >= 0.3 is 0 Å². The number of nitrogens with zero attached hydrogens (tertiary/aromatic N) is 4. The average Bonchev–Trinajstić information content (AvgIpc) is 2.85. The molecule has 0 N–H and O–H groups in total. The maximum Gasteiger partial charge on any atom is 0.266 e. The zero-order chi connectivity index (χ0) is 16.0. The molecule has 3 aromatic rings. The third-order valence-corrected chi connectivity index (χ3v) is 4.32. The van der Waals surface area contributed by atoms with Crippen LogP contribution in [0.15, 0.2) is 41.1 Å². The first-order chi connectivity index (χ1) is 11.1. The van der Waals surface area contributed by atoms with Crippen molar-refractivity contribution >= 4 is 33.3 Å².